The Balaban J connectivity index is 1.35. The van der Waals surface area contributed by atoms with Crippen LogP contribution in [-0.2, 0) is 23.9 Å². The van der Waals surface area contributed by atoms with E-state index in [2.05, 4.69) is 10.7 Å². The average Bonchev–Trinajstić information content (AvgIpc) is 3.32. The molecule has 1 heterocycles. The number of methoxy groups -OCH3 is 1. The first-order chi connectivity index (χ1) is 19.3. The summed E-state index contributed by atoms with van der Waals surface area (Å²) in [6.45, 7) is -0.864. The van der Waals surface area contributed by atoms with E-state index < -0.39 is 47.1 Å². The predicted octanol–water partition coefficient (Wildman–Crippen LogP) is 2.80. The number of carbonyl (C=O) groups excluding carboxylic acids is 4. The Morgan fingerprint density at radius 2 is 1.65 bits per heavy atom. The van der Waals surface area contributed by atoms with Crippen LogP contribution in [0.2, 0.25) is 0 Å². The molecule has 1 fully saturated rings. The normalized spacial score (nSPS) is 14.5. The molecule has 0 spiro atoms. The van der Waals surface area contributed by atoms with Crippen molar-refractivity contribution in [1.82, 2.24) is 10.4 Å². The summed E-state index contributed by atoms with van der Waals surface area (Å²) in [6, 6.07) is 22.0. The maximum Gasteiger partial charge on any atom is 0.311 e. The van der Waals surface area contributed by atoms with Crippen LogP contribution in [0.15, 0.2) is 78.9 Å². The lowest BCUT2D eigenvalue weighted by Gasteiger charge is -2.23. The van der Waals surface area contributed by atoms with Gasteiger partial charge in [0.1, 0.15) is 11.4 Å². The van der Waals surface area contributed by atoms with Crippen LogP contribution < -0.4 is 15.5 Å². The number of esters is 1. The van der Waals surface area contributed by atoms with Crippen molar-refractivity contribution in [3.8, 4) is 5.75 Å². The molecule has 206 valence electrons. The molecule has 4 rings (SSSR count). The molecule has 0 aliphatic carbocycles. The highest BCUT2D eigenvalue weighted by Crippen LogP contribution is 2.29. The third-order valence-electron chi connectivity index (χ3n) is 6.25. The number of nitrogens with zero attached hydrogens (tertiary/aromatic N) is 2. The van der Waals surface area contributed by atoms with Crippen LogP contribution in [0.4, 0.5) is 11.4 Å². The highest BCUT2D eigenvalue weighted by molar-refractivity contribution is 5.96. The van der Waals surface area contributed by atoms with Gasteiger partial charge in [-0.15, -0.1) is 0 Å². The number of hydrogen-bond acceptors (Lipinski definition) is 8. The van der Waals surface area contributed by atoms with Gasteiger partial charge in [0.25, 0.3) is 17.5 Å². The summed E-state index contributed by atoms with van der Waals surface area (Å²) in [7, 11) is 1.37. The van der Waals surface area contributed by atoms with Crippen molar-refractivity contribution >= 4 is 35.1 Å². The molecule has 40 heavy (non-hydrogen) atoms. The van der Waals surface area contributed by atoms with Crippen molar-refractivity contribution in [1.29, 1.82) is 0 Å². The standard InChI is InChI=1S/C28H26N4O8/c1-39-21-12-13-23(32(37)38)22(15-21)29-24(33)17-40-28(36)20-14-25(34)31(16-20)30-27(35)26(18-8-4-2-5-9-18)19-10-6-3-7-11-19/h2-13,15,20,26H,14,16-17H2,1H3,(H,29,33)(H,30,35)/t20-/m1/s1. The zero-order chi connectivity index (χ0) is 28.6. The summed E-state index contributed by atoms with van der Waals surface area (Å²) < 4.78 is 10.1. The van der Waals surface area contributed by atoms with Gasteiger partial charge in [0.15, 0.2) is 6.61 Å². The van der Waals surface area contributed by atoms with Gasteiger partial charge >= 0.3 is 5.97 Å². The van der Waals surface area contributed by atoms with Crippen LogP contribution in [0.1, 0.15) is 23.5 Å². The topological polar surface area (TPSA) is 157 Å². The number of nitro groups is 1. The molecule has 12 nitrogen and oxygen atoms in total. The Morgan fingerprint density at radius 3 is 2.23 bits per heavy atom. The number of hydrazine groups is 1. The summed E-state index contributed by atoms with van der Waals surface area (Å²) in [4.78, 5) is 61.4. The van der Waals surface area contributed by atoms with Gasteiger partial charge in [0.05, 0.1) is 30.4 Å². The van der Waals surface area contributed by atoms with Crippen molar-refractivity contribution in [3.63, 3.8) is 0 Å². The van der Waals surface area contributed by atoms with Crippen molar-refractivity contribution in [2.45, 2.75) is 12.3 Å². The molecule has 0 bridgehead atoms. The quantitative estimate of drug-likeness (QED) is 0.223. The van der Waals surface area contributed by atoms with Gasteiger partial charge in [0.2, 0.25) is 5.91 Å². The molecule has 0 aromatic heterocycles. The van der Waals surface area contributed by atoms with E-state index in [9.17, 15) is 29.3 Å². The van der Waals surface area contributed by atoms with E-state index in [0.29, 0.717) is 0 Å². The van der Waals surface area contributed by atoms with Crippen LogP contribution >= 0.6 is 0 Å². The smallest absolute Gasteiger partial charge is 0.311 e. The van der Waals surface area contributed by atoms with Gasteiger partial charge in [0, 0.05) is 18.6 Å². The number of carbonyl (C=O) groups is 4. The molecule has 1 aliphatic rings. The average molecular weight is 547 g/mol. The van der Waals surface area contributed by atoms with Crippen LogP contribution in [-0.4, -0.2) is 53.9 Å². The monoisotopic (exact) mass is 546 g/mol. The van der Waals surface area contributed by atoms with Crippen molar-refractivity contribution < 1.29 is 33.6 Å². The maximum absolute atomic E-state index is 13.3. The van der Waals surface area contributed by atoms with Gasteiger partial charge in [-0.05, 0) is 17.2 Å². The fourth-order valence-electron chi connectivity index (χ4n) is 4.30. The second-order valence-corrected chi connectivity index (χ2v) is 8.93. The number of hydrogen-bond donors (Lipinski definition) is 2. The minimum Gasteiger partial charge on any atom is -0.497 e. The number of amides is 3. The Hall–Kier alpha value is -5.26. The van der Waals surface area contributed by atoms with Crippen LogP contribution in [0.5, 0.6) is 5.75 Å². The molecule has 3 amide bonds. The van der Waals surface area contributed by atoms with E-state index in [1.165, 1.54) is 25.3 Å². The molecule has 12 heteroatoms. The number of anilines is 1. The zero-order valence-corrected chi connectivity index (χ0v) is 21.4. The van der Waals surface area contributed by atoms with Crippen LogP contribution in [0, 0.1) is 16.0 Å². The van der Waals surface area contributed by atoms with E-state index in [1.54, 1.807) is 0 Å². The van der Waals surface area contributed by atoms with E-state index in [4.69, 9.17) is 9.47 Å². The van der Waals surface area contributed by atoms with E-state index in [-0.39, 0.29) is 30.1 Å². The predicted molar refractivity (Wildman–Crippen MR) is 142 cm³/mol. The lowest BCUT2D eigenvalue weighted by molar-refractivity contribution is -0.383. The zero-order valence-electron chi connectivity index (χ0n) is 21.4. The number of nitro benzene ring substituents is 1. The molecule has 3 aromatic rings. The summed E-state index contributed by atoms with van der Waals surface area (Å²) in [6.07, 6.45) is -0.219. The van der Waals surface area contributed by atoms with Crippen LogP contribution in [0.3, 0.4) is 0 Å². The van der Waals surface area contributed by atoms with Crippen molar-refractivity contribution in [2.24, 2.45) is 5.92 Å². The van der Waals surface area contributed by atoms with E-state index in [0.717, 1.165) is 16.1 Å². The van der Waals surface area contributed by atoms with Crippen LogP contribution in [0.25, 0.3) is 0 Å². The van der Waals surface area contributed by atoms with Gasteiger partial charge in [-0.1, -0.05) is 60.7 Å². The number of benzene rings is 3. The lowest BCUT2D eigenvalue weighted by atomic mass is 9.91. The minimum absolute atomic E-state index is 0.123. The van der Waals surface area contributed by atoms with Gasteiger partial charge in [-0.25, -0.2) is 0 Å². The SMILES string of the molecule is COc1ccc([N+](=O)[O-])c(NC(=O)COC(=O)[C@@H]2CC(=O)N(NC(=O)C(c3ccccc3)c3ccccc3)C2)c1. The Bertz CT molecular complexity index is 1370. The first kappa shape index (κ1) is 27.8. The highest BCUT2D eigenvalue weighted by Gasteiger charge is 2.38. The molecular formula is C28H26N4O8. The number of nitrogens with one attached hydrogen (secondary N) is 2. The largest absolute Gasteiger partial charge is 0.497 e. The minimum atomic E-state index is -0.918. The molecule has 0 saturated carbocycles. The second-order valence-electron chi connectivity index (χ2n) is 8.93. The number of rotatable bonds is 10. The fourth-order valence-corrected chi connectivity index (χ4v) is 4.30. The van der Waals surface area contributed by atoms with Gasteiger partial charge in [-0.3, -0.25) is 39.7 Å². The van der Waals surface area contributed by atoms with E-state index >= 15 is 0 Å². The Morgan fingerprint density at radius 1 is 1.02 bits per heavy atom. The Labute approximate surface area is 229 Å². The lowest BCUT2D eigenvalue weighted by Crippen LogP contribution is -2.45. The first-order valence-corrected chi connectivity index (χ1v) is 12.3. The number of ether oxygens (including phenoxy) is 2. The Kier molecular flexibility index (Phi) is 8.69. The molecule has 3 aromatic carbocycles. The molecule has 1 aliphatic heterocycles. The third-order valence-corrected chi connectivity index (χ3v) is 6.25. The summed E-state index contributed by atoms with van der Waals surface area (Å²) in [5, 5.41) is 14.6. The summed E-state index contributed by atoms with van der Waals surface area (Å²) in [5.74, 6) is -3.88. The van der Waals surface area contributed by atoms with Crippen molar-refractivity contribution in [2.75, 3.05) is 25.6 Å². The van der Waals surface area contributed by atoms with E-state index in [1.807, 2.05) is 60.7 Å². The third kappa shape index (κ3) is 6.59. The molecule has 0 radical (unpaired) electrons. The highest BCUT2D eigenvalue weighted by atomic mass is 16.6. The molecular weight excluding hydrogens is 520 g/mol. The molecule has 0 unspecified atom stereocenters. The molecule has 1 atom stereocenters. The van der Waals surface area contributed by atoms with Gasteiger partial charge < -0.3 is 14.8 Å². The fraction of sp³-hybridized carbons (Fsp3) is 0.214. The first-order valence-electron chi connectivity index (χ1n) is 12.3. The summed E-state index contributed by atoms with van der Waals surface area (Å²) >= 11 is 0. The maximum atomic E-state index is 13.3. The van der Waals surface area contributed by atoms with Gasteiger partial charge in [-0.2, -0.15) is 0 Å². The molecule has 2 N–H and O–H groups in total. The second kappa shape index (κ2) is 12.5. The molecule has 1 saturated heterocycles. The van der Waals surface area contributed by atoms with Crippen molar-refractivity contribution in [3.05, 3.63) is 100 Å². The summed E-state index contributed by atoms with van der Waals surface area (Å²) in [5.41, 5.74) is 3.60.